The van der Waals surface area contributed by atoms with Crippen LogP contribution in [0.25, 0.3) is 0 Å². The number of rotatable bonds is 7. The molecule has 0 aromatic heterocycles. The highest BCUT2D eigenvalue weighted by Gasteiger charge is 2.60. The van der Waals surface area contributed by atoms with Crippen LogP contribution in [-0.2, 0) is 19.4 Å². The molecule has 7 heteroatoms. The van der Waals surface area contributed by atoms with E-state index in [2.05, 4.69) is 31.1 Å². The summed E-state index contributed by atoms with van der Waals surface area (Å²) in [6.45, 7) is 7.50. The van der Waals surface area contributed by atoms with E-state index in [1.165, 1.54) is 6.92 Å². The minimum Gasteiger partial charge on any atom is -0.377 e. The summed E-state index contributed by atoms with van der Waals surface area (Å²) < 4.78 is 31.0. The Kier molecular flexibility index (Phi) is 5.66. The van der Waals surface area contributed by atoms with Crippen molar-refractivity contribution >= 4 is 21.4 Å². The second kappa shape index (κ2) is 7.53. The van der Waals surface area contributed by atoms with Crippen molar-refractivity contribution in [3.8, 4) is 0 Å². The summed E-state index contributed by atoms with van der Waals surface area (Å²) >= 11 is 0. The average molecular weight is 395 g/mol. The van der Waals surface area contributed by atoms with Gasteiger partial charge in [-0.2, -0.15) is 0 Å². The number of nitrogens with zero attached hydrogens (tertiary/aromatic N) is 1. The number of benzene rings is 1. The van der Waals surface area contributed by atoms with Crippen LogP contribution in [0.5, 0.6) is 0 Å². The van der Waals surface area contributed by atoms with E-state index in [9.17, 15) is 13.2 Å². The molecule has 1 aliphatic carbocycles. The number of hydrogen-bond donors (Lipinski definition) is 1. The molecule has 0 radical (unpaired) electrons. The fraction of sp³-hybridized carbons (Fsp3) is 0.650. The maximum Gasteiger partial charge on any atom is 0.221 e. The monoisotopic (exact) mass is 394 g/mol. The van der Waals surface area contributed by atoms with Crippen LogP contribution in [-0.4, -0.2) is 57.3 Å². The first-order valence-corrected chi connectivity index (χ1v) is 11.2. The van der Waals surface area contributed by atoms with Crippen molar-refractivity contribution in [1.82, 2.24) is 4.90 Å². The van der Waals surface area contributed by atoms with Crippen LogP contribution in [0.3, 0.4) is 0 Å². The van der Waals surface area contributed by atoms with Crippen molar-refractivity contribution in [3.63, 3.8) is 0 Å². The molecule has 0 bridgehead atoms. The summed E-state index contributed by atoms with van der Waals surface area (Å²) in [6.07, 6.45) is 2.04. The van der Waals surface area contributed by atoms with E-state index in [0.717, 1.165) is 19.6 Å². The van der Waals surface area contributed by atoms with E-state index in [1.54, 1.807) is 24.3 Å². The van der Waals surface area contributed by atoms with Crippen LogP contribution < -0.4 is 5.32 Å². The molecule has 0 spiro atoms. The van der Waals surface area contributed by atoms with Crippen LogP contribution in [0.1, 0.15) is 33.6 Å². The van der Waals surface area contributed by atoms with Gasteiger partial charge in [-0.05, 0) is 50.7 Å². The van der Waals surface area contributed by atoms with E-state index in [0.29, 0.717) is 35.1 Å². The van der Waals surface area contributed by atoms with Gasteiger partial charge in [-0.25, -0.2) is 8.42 Å². The third-order valence-corrected chi connectivity index (χ3v) is 7.79. The Bertz CT molecular complexity index is 789. The third-order valence-electron chi connectivity index (χ3n) is 5.97. The van der Waals surface area contributed by atoms with Gasteiger partial charge in [0.2, 0.25) is 5.91 Å². The number of ether oxygens (including phenoxy) is 1. The van der Waals surface area contributed by atoms with E-state index >= 15 is 0 Å². The van der Waals surface area contributed by atoms with Gasteiger partial charge < -0.3 is 15.0 Å². The third kappa shape index (κ3) is 4.05. The van der Waals surface area contributed by atoms with Crippen LogP contribution in [0.15, 0.2) is 29.2 Å². The van der Waals surface area contributed by atoms with Gasteiger partial charge >= 0.3 is 0 Å². The minimum absolute atomic E-state index is 0.119. The number of hydrogen-bond acceptors (Lipinski definition) is 5. The first kappa shape index (κ1) is 20.3. The molecular formula is C20H30N2O4S. The molecule has 1 N–H and O–H groups in total. The molecule has 1 saturated carbocycles. The standard InChI is InChI=1S/C20H30N2O4S/c1-14(23)21-15-6-8-16(9-7-15)27(24,25)13-5-11-22(4)18-17-10-12-26-19(17)20(18,2)3/h6-9,17-19H,5,10-13H2,1-4H3,(H,21,23)/t17-,18-,19-/m1/s1. The second-order valence-electron chi connectivity index (χ2n) is 8.37. The molecule has 1 aliphatic heterocycles. The normalized spacial score (nSPS) is 26.5. The lowest BCUT2D eigenvalue weighted by atomic mass is 9.57. The largest absolute Gasteiger partial charge is 0.377 e. The Morgan fingerprint density at radius 1 is 1.30 bits per heavy atom. The fourth-order valence-corrected chi connectivity index (χ4v) is 6.20. The van der Waals surface area contributed by atoms with Gasteiger partial charge in [0.1, 0.15) is 0 Å². The maximum atomic E-state index is 12.6. The predicted molar refractivity (Wildman–Crippen MR) is 105 cm³/mol. The lowest BCUT2D eigenvalue weighted by molar-refractivity contribution is -0.149. The second-order valence-corrected chi connectivity index (χ2v) is 10.5. The molecule has 1 heterocycles. The van der Waals surface area contributed by atoms with Crippen molar-refractivity contribution in [2.45, 2.75) is 50.7 Å². The van der Waals surface area contributed by atoms with Crippen molar-refractivity contribution in [2.75, 3.05) is 31.3 Å². The number of anilines is 1. The molecule has 1 amide bonds. The molecule has 3 rings (SSSR count). The number of fused-ring (bicyclic) bond motifs is 1. The Morgan fingerprint density at radius 2 is 1.96 bits per heavy atom. The Labute approximate surface area is 162 Å². The topological polar surface area (TPSA) is 75.7 Å². The van der Waals surface area contributed by atoms with Crippen LogP contribution >= 0.6 is 0 Å². The zero-order valence-corrected chi connectivity index (χ0v) is 17.4. The van der Waals surface area contributed by atoms with Crippen molar-refractivity contribution in [3.05, 3.63) is 24.3 Å². The van der Waals surface area contributed by atoms with Gasteiger partial charge in [0, 0.05) is 36.6 Å². The highest BCUT2D eigenvalue weighted by molar-refractivity contribution is 7.91. The van der Waals surface area contributed by atoms with E-state index < -0.39 is 9.84 Å². The molecule has 2 aliphatic rings. The number of amides is 1. The summed E-state index contributed by atoms with van der Waals surface area (Å²) in [5.41, 5.74) is 0.718. The maximum absolute atomic E-state index is 12.6. The highest BCUT2D eigenvalue weighted by Crippen LogP contribution is 2.54. The molecule has 1 aromatic carbocycles. The summed E-state index contributed by atoms with van der Waals surface area (Å²) in [5.74, 6) is 0.513. The predicted octanol–water partition coefficient (Wildman–Crippen LogP) is 2.55. The van der Waals surface area contributed by atoms with Crippen molar-refractivity contribution in [1.29, 1.82) is 0 Å². The number of carbonyl (C=O) groups is 1. The summed E-state index contributed by atoms with van der Waals surface area (Å²) in [4.78, 5) is 13.7. The number of nitrogens with one attached hydrogen (secondary N) is 1. The Morgan fingerprint density at radius 3 is 2.59 bits per heavy atom. The van der Waals surface area contributed by atoms with Gasteiger partial charge in [0.15, 0.2) is 9.84 Å². The molecule has 150 valence electrons. The molecule has 3 atom stereocenters. The van der Waals surface area contributed by atoms with Gasteiger partial charge in [-0.1, -0.05) is 13.8 Å². The van der Waals surface area contributed by atoms with Gasteiger partial charge in [0.05, 0.1) is 16.8 Å². The van der Waals surface area contributed by atoms with Crippen molar-refractivity contribution < 1.29 is 17.9 Å². The molecule has 27 heavy (non-hydrogen) atoms. The molecule has 6 nitrogen and oxygen atoms in total. The van der Waals surface area contributed by atoms with Gasteiger partial charge in [0.25, 0.3) is 0 Å². The van der Waals surface area contributed by atoms with Crippen LogP contribution in [0.4, 0.5) is 5.69 Å². The van der Waals surface area contributed by atoms with E-state index in [1.807, 2.05) is 0 Å². The quantitative estimate of drug-likeness (QED) is 0.769. The first-order chi connectivity index (χ1) is 12.6. The lowest BCUT2D eigenvalue weighted by Gasteiger charge is -2.58. The summed E-state index contributed by atoms with van der Waals surface area (Å²) in [6, 6.07) is 6.80. The zero-order valence-electron chi connectivity index (χ0n) is 16.6. The average Bonchev–Trinajstić information content (AvgIpc) is 3.00. The molecule has 1 saturated heterocycles. The molecule has 1 aromatic rings. The molecular weight excluding hydrogens is 364 g/mol. The van der Waals surface area contributed by atoms with E-state index in [-0.39, 0.29) is 17.1 Å². The highest BCUT2D eigenvalue weighted by atomic mass is 32.2. The lowest BCUT2D eigenvalue weighted by Crippen LogP contribution is -2.66. The van der Waals surface area contributed by atoms with Gasteiger partial charge in [-0.15, -0.1) is 0 Å². The first-order valence-electron chi connectivity index (χ1n) is 9.55. The summed E-state index contributed by atoms with van der Waals surface area (Å²) in [7, 11) is -1.23. The minimum atomic E-state index is -3.33. The fourth-order valence-electron chi connectivity index (χ4n) is 4.90. The molecule has 2 fully saturated rings. The van der Waals surface area contributed by atoms with Crippen molar-refractivity contribution in [2.24, 2.45) is 11.3 Å². The zero-order chi connectivity index (χ0) is 19.8. The van der Waals surface area contributed by atoms with Crippen LogP contribution in [0.2, 0.25) is 0 Å². The number of sulfone groups is 1. The van der Waals surface area contributed by atoms with Gasteiger partial charge in [-0.3, -0.25) is 4.79 Å². The van der Waals surface area contributed by atoms with E-state index in [4.69, 9.17) is 4.74 Å². The SMILES string of the molecule is CC(=O)Nc1ccc(S(=O)(=O)CCCN(C)[C@@H]2[C@H]3CCO[C@H]3C2(C)C)cc1. The molecule has 0 unspecified atom stereocenters. The van der Waals surface area contributed by atoms with Crippen LogP contribution in [0, 0.1) is 11.3 Å². The summed E-state index contributed by atoms with van der Waals surface area (Å²) in [5, 5.41) is 2.64. The Balaban J connectivity index is 1.54. The number of carbonyl (C=O) groups excluding carboxylic acids is 1. The smallest absolute Gasteiger partial charge is 0.221 e. The Hall–Kier alpha value is -1.44.